The molecule has 26 heavy (non-hydrogen) atoms. The molecule has 1 aliphatic rings. The van der Waals surface area contributed by atoms with Crippen LogP contribution < -0.4 is 0 Å². The SMILES string of the molecule is CC1(C)C(=O)N(C(C)(C)C)C(C(C(=O)O)C(=O)O)=C1C(C(=O)O)C(=O)O. The Hall–Kier alpha value is -2.91. The van der Waals surface area contributed by atoms with Crippen LogP contribution in [-0.4, -0.2) is 60.6 Å². The molecule has 1 heterocycles. The van der Waals surface area contributed by atoms with Crippen LogP contribution in [0.3, 0.4) is 0 Å². The predicted molar refractivity (Wildman–Crippen MR) is 84.9 cm³/mol. The normalized spacial score (nSPS) is 17.2. The van der Waals surface area contributed by atoms with Gasteiger partial charge in [0, 0.05) is 11.2 Å². The number of carboxylic acid groups (broad SMARTS) is 4. The highest BCUT2D eigenvalue weighted by Gasteiger charge is 2.58. The van der Waals surface area contributed by atoms with Crippen LogP contribution >= 0.6 is 0 Å². The second-order valence-corrected chi connectivity index (χ2v) is 7.45. The second-order valence-electron chi connectivity index (χ2n) is 7.45. The lowest BCUT2D eigenvalue weighted by Gasteiger charge is -2.36. The molecule has 0 bridgehead atoms. The molecule has 0 saturated heterocycles. The molecule has 0 unspecified atom stereocenters. The van der Waals surface area contributed by atoms with Crippen molar-refractivity contribution in [3.8, 4) is 0 Å². The molecule has 0 radical (unpaired) electrons. The number of carbonyl (C=O) groups is 5. The fraction of sp³-hybridized carbons (Fsp3) is 0.562. The summed E-state index contributed by atoms with van der Waals surface area (Å²) in [6, 6.07) is 0. The number of hydrogen-bond acceptors (Lipinski definition) is 5. The lowest BCUT2D eigenvalue weighted by molar-refractivity contribution is -0.156. The van der Waals surface area contributed by atoms with Crippen molar-refractivity contribution in [3.05, 3.63) is 11.3 Å². The summed E-state index contributed by atoms with van der Waals surface area (Å²) >= 11 is 0. The summed E-state index contributed by atoms with van der Waals surface area (Å²) in [7, 11) is 0. The zero-order valence-corrected chi connectivity index (χ0v) is 14.9. The van der Waals surface area contributed by atoms with E-state index >= 15 is 0 Å². The average Bonchev–Trinajstić information content (AvgIpc) is 2.58. The first-order chi connectivity index (χ1) is 11.6. The largest absolute Gasteiger partial charge is 0.480 e. The molecule has 1 aliphatic heterocycles. The van der Waals surface area contributed by atoms with Gasteiger partial charge in [-0.3, -0.25) is 24.0 Å². The maximum atomic E-state index is 12.9. The van der Waals surface area contributed by atoms with Crippen LogP contribution in [0.2, 0.25) is 0 Å². The second kappa shape index (κ2) is 6.43. The molecule has 0 saturated carbocycles. The van der Waals surface area contributed by atoms with E-state index in [-0.39, 0.29) is 0 Å². The molecular weight excluding hydrogens is 350 g/mol. The summed E-state index contributed by atoms with van der Waals surface area (Å²) in [5.41, 5.74) is -4.00. The van der Waals surface area contributed by atoms with Crippen molar-refractivity contribution in [1.82, 2.24) is 4.90 Å². The first-order valence-corrected chi connectivity index (χ1v) is 7.57. The molecule has 0 atom stereocenters. The van der Waals surface area contributed by atoms with Crippen LogP contribution in [0.5, 0.6) is 0 Å². The molecule has 1 amide bonds. The Bertz CT molecular complexity index is 698. The summed E-state index contributed by atoms with van der Waals surface area (Å²) in [6.07, 6.45) is 0. The van der Waals surface area contributed by atoms with Gasteiger partial charge in [0.2, 0.25) is 5.91 Å². The average molecular weight is 371 g/mol. The van der Waals surface area contributed by atoms with Crippen molar-refractivity contribution in [2.24, 2.45) is 17.3 Å². The van der Waals surface area contributed by atoms with E-state index in [1.165, 1.54) is 34.6 Å². The lowest BCUT2D eigenvalue weighted by Crippen LogP contribution is -2.48. The minimum atomic E-state index is -2.30. The van der Waals surface area contributed by atoms with Crippen molar-refractivity contribution in [2.75, 3.05) is 0 Å². The van der Waals surface area contributed by atoms with E-state index in [2.05, 4.69) is 0 Å². The minimum absolute atomic E-state index is 0.549. The number of nitrogens with zero attached hydrogens (tertiary/aromatic N) is 1. The summed E-state index contributed by atoms with van der Waals surface area (Å²) in [4.78, 5) is 60.0. The van der Waals surface area contributed by atoms with Gasteiger partial charge in [-0.25, -0.2) is 0 Å². The number of carbonyl (C=O) groups excluding carboxylic acids is 1. The van der Waals surface area contributed by atoms with Crippen molar-refractivity contribution in [2.45, 2.75) is 40.2 Å². The third-order valence-corrected chi connectivity index (χ3v) is 4.15. The van der Waals surface area contributed by atoms with Crippen LogP contribution in [0.15, 0.2) is 11.3 Å². The number of amides is 1. The zero-order chi connectivity index (χ0) is 20.8. The maximum Gasteiger partial charge on any atom is 0.324 e. The molecule has 0 aromatic heterocycles. The Balaban J connectivity index is 4.06. The molecule has 4 N–H and O–H groups in total. The summed E-state index contributed by atoms with van der Waals surface area (Å²) in [5, 5.41) is 37.4. The molecule has 0 spiro atoms. The monoisotopic (exact) mass is 371 g/mol. The summed E-state index contributed by atoms with van der Waals surface area (Å²) in [5.74, 6) is -12.6. The first-order valence-electron chi connectivity index (χ1n) is 7.57. The van der Waals surface area contributed by atoms with E-state index in [0.29, 0.717) is 0 Å². The van der Waals surface area contributed by atoms with Gasteiger partial charge < -0.3 is 25.3 Å². The van der Waals surface area contributed by atoms with Crippen LogP contribution in [0.25, 0.3) is 0 Å². The Kier molecular flexibility index (Phi) is 5.23. The van der Waals surface area contributed by atoms with E-state index in [1.807, 2.05) is 0 Å². The van der Waals surface area contributed by atoms with Gasteiger partial charge in [0.25, 0.3) is 0 Å². The van der Waals surface area contributed by atoms with Crippen molar-refractivity contribution < 1.29 is 44.4 Å². The molecule has 0 aromatic rings. The maximum absolute atomic E-state index is 12.9. The van der Waals surface area contributed by atoms with Gasteiger partial charge in [0.05, 0.1) is 5.41 Å². The smallest absolute Gasteiger partial charge is 0.324 e. The molecule has 10 heteroatoms. The molecule has 0 aliphatic carbocycles. The van der Waals surface area contributed by atoms with Crippen LogP contribution in [0.4, 0.5) is 0 Å². The van der Waals surface area contributed by atoms with E-state index in [9.17, 15) is 44.4 Å². The Morgan fingerprint density at radius 2 is 1.19 bits per heavy atom. The van der Waals surface area contributed by atoms with E-state index < -0.39 is 63.8 Å². The third-order valence-electron chi connectivity index (χ3n) is 4.15. The van der Waals surface area contributed by atoms with Gasteiger partial charge in [-0.05, 0) is 40.2 Å². The Labute approximate surface area is 148 Å². The number of carboxylic acids is 4. The lowest BCUT2D eigenvalue weighted by atomic mass is 9.76. The molecule has 10 nitrogen and oxygen atoms in total. The van der Waals surface area contributed by atoms with Gasteiger partial charge >= 0.3 is 23.9 Å². The number of hydrogen-bond donors (Lipinski definition) is 4. The summed E-state index contributed by atoms with van der Waals surface area (Å²) < 4.78 is 0. The highest BCUT2D eigenvalue weighted by molar-refractivity contribution is 6.05. The van der Waals surface area contributed by atoms with Crippen molar-refractivity contribution in [3.63, 3.8) is 0 Å². The molecule has 1 rings (SSSR count). The van der Waals surface area contributed by atoms with Gasteiger partial charge in [-0.2, -0.15) is 0 Å². The quantitative estimate of drug-likeness (QED) is 0.485. The number of aliphatic carboxylic acids is 4. The predicted octanol–water partition coefficient (Wildman–Crippen LogP) is 0.478. The van der Waals surface area contributed by atoms with E-state index in [0.717, 1.165) is 4.90 Å². The number of rotatable bonds is 6. The summed E-state index contributed by atoms with van der Waals surface area (Å²) in [6.45, 7) is 7.00. The van der Waals surface area contributed by atoms with Gasteiger partial charge in [0.1, 0.15) is 0 Å². The first kappa shape index (κ1) is 21.1. The highest BCUT2D eigenvalue weighted by atomic mass is 16.4. The molecule has 0 fully saturated rings. The molecular formula is C16H21NO9. The minimum Gasteiger partial charge on any atom is -0.480 e. The zero-order valence-electron chi connectivity index (χ0n) is 14.9. The van der Waals surface area contributed by atoms with Crippen LogP contribution in [-0.2, 0) is 24.0 Å². The van der Waals surface area contributed by atoms with Crippen molar-refractivity contribution in [1.29, 1.82) is 0 Å². The highest BCUT2D eigenvalue weighted by Crippen LogP contribution is 2.49. The fourth-order valence-corrected chi connectivity index (χ4v) is 3.10. The van der Waals surface area contributed by atoms with Gasteiger partial charge in [-0.15, -0.1) is 0 Å². The topological polar surface area (TPSA) is 170 Å². The Morgan fingerprint density at radius 3 is 1.46 bits per heavy atom. The third kappa shape index (κ3) is 3.26. The van der Waals surface area contributed by atoms with Crippen LogP contribution in [0.1, 0.15) is 34.6 Å². The molecule has 144 valence electrons. The van der Waals surface area contributed by atoms with Gasteiger partial charge in [-0.1, -0.05) is 0 Å². The molecule has 0 aromatic carbocycles. The van der Waals surface area contributed by atoms with Crippen molar-refractivity contribution >= 4 is 29.8 Å². The fourth-order valence-electron chi connectivity index (χ4n) is 3.10. The van der Waals surface area contributed by atoms with Gasteiger partial charge in [0.15, 0.2) is 11.8 Å². The van der Waals surface area contributed by atoms with E-state index in [4.69, 9.17) is 0 Å². The Morgan fingerprint density at radius 1 is 0.846 bits per heavy atom. The van der Waals surface area contributed by atoms with E-state index in [1.54, 1.807) is 0 Å². The standard InChI is InChI=1S/C16H21NO9/c1-15(2,3)17-9(7(12(22)23)13(24)25)8(16(4,5)14(17)26)6(10(18)19)11(20)21/h6-7H,1-5H3,(H,18,19)(H,20,21)(H,22,23)(H,24,25). The van der Waals surface area contributed by atoms with Crippen LogP contribution in [0, 0.1) is 17.3 Å².